The van der Waals surface area contributed by atoms with Crippen LogP contribution in [0.3, 0.4) is 0 Å². The number of nitrogens with one attached hydrogen (secondary N) is 2. The van der Waals surface area contributed by atoms with Crippen LogP contribution in [0.4, 0.5) is 4.39 Å². The van der Waals surface area contributed by atoms with Crippen LogP contribution in [0.5, 0.6) is 0 Å². The average molecular weight is 244 g/mol. The zero-order valence-corrected chi connectivity index (χ0v) is 9.60. The maximum atomic E-state index is 13.5. The number of benzene rings is 1. The molecule has 0 spiro atoms. The summed E-state index contributed by atoms with van der Waals surface area (Å²) in [6.07, 6.45) is 2.28. The molecule has 1 aliphatic heterocycles. The molecule has 0 amide bonds. The number of hydrogen-bond acceptors (Lipinski definition) is 3. The van der Waals surface area contributed by atoms with Gasteiger partial charge in [0.05, 0.1) is 6.17 Å². The molecule has 3 nitrogen and oxygen atoms in total. The van der Waals surface area contributed by atoms with Crippen molar-refractivity contribution in [3.05, 3.63) is 34.6 Å². The lowest BCUT2D eigenvalue weighted by atomic mass is 10.0. The zero-order chi connectivity index (χ0) is 11.5. The van der Waals surface area contributed by atoms with Gasteiger partial charge in [-0.15, -0.1) is 0 Å². The van der Waals surface area contributed by atoms with Crippen LogP contribution in [0.25, 0.3) is 0 Å². The number of halogens is 2. The minimum Gasteiger partial charge on any atom is -0.315 e. The van der Waals surface area contributed by atoms with Crippen molar-refractivity contribution in [2.24, 2.45) is 5.73 Å². The number of hydrogen-bond donors (Lipinski definition) is 3. The Morgan fingerprint density at radius 3 is 2.88 bits per heavy atom. The van der Waals surface area contributed by atoms with Crippen molar-refractivity contribution in [1.82, 2.24) is 10.9 Å². The molecule has 0 aliphatic carbocycles. The third-order valence-electron chi connectivity index (χ3n) is 2.82. The molecular weight excluding hydrogens is 229 g/mol. The Hall–Kier alpha value is -0.680. The van der Waals surface area contributed by atoms with E-state index in [-0.39, 0.29) is 18.0 Å². The maximum Gasteiger partial charge on any atom is 0.127 e. The van der Waals surface area contributed by atoms with Gasteiger partial charge in [-0.25, -0.2) is 9.82 Å². The van der Waals surface area contributed by atoms with E-state index in [2.05, 4.69) is 10.9 Å². The van der Waals surface area contributed by atoms with Gasteiger partial charge in [0, 0.05) is 16.6 Å². The van der Waals surface area contributed by atoms with E-state index >= 15 is 0 Å². The van der Waals surface area contributed by atoms with Crippen molar-refractivity contribution in [2.75, 3.05) is 0 Å². The zero-order valence-electron chi connectivity index (χ0n) is 8.84. The van der Waals surface area contributed by atoms with Crippen LogP contribution in [0.15, 0.2) is 18.2 Å². The Kier molecular flexibility index (Phi) is 3.76. The molecule has 0 radical (unpaired) electrons. The summed E-state index contributed by atoms with van der Waals surface area (Å²) in [7, 11) is 0. The minimum atomic E-state index is -0.234. The normalized spacial score (nSPS) is 24.9. The van der Waals surface area contributed by atoms with Crippen molar-refractivity contribution in [3.63, 3.8) is 0 Å². The monoisotopic (exact) mass is 243 g/mol. The van der Waals surface area contributed by atoms with Crippen molar-refractivity contribution in [1.29, 1.82) is 0 Å². The quantitative estimate of drug-likeness (QED) is 0.755. The van der Waals surface area contributed by atoms with E-state index in [1.54, 1.807) is 12.1 Å². The van der Waals surface area contributed by atoms with Crippen molar-refractivity contribution in [2.45, 2.75) is 31.5 Å². The number of nitrogens with two attached hydrogens (primary N) is 1. The van der Waals surface area contributed by atoms with Gasteiger partial charge in [0.25, 0.3) is 0 Å². The molecule has 1 heterocycles. The molecule has 4 N–H and O–H groups in total. The fraction of sp³-hybridized carbons (Fsp3) is 0.455. The van der Waals surface area contributed by atoms with Gasteiger partial charge in [-0.2, -0.15) is 0 Å². The summed E-state index contributed by atoms with van der Waals surface area (Å²) in [5.41, 5.74) is 12.3. The lowest BCUT2D eigenvalue weighted by Gasteiger charge is -2.10. The summed E-state index contributed by atoms with van der Waals surface area (Å²) < 4.78 is 13.5. The smallest absolute Gasteiger partial charge is 0.127 e. The Morgan fingerprint density at radius 2 is 2.25 bits per heavy atom. The molecule has 1 aromatic rings. The predicted octanol–water partition coefficient (Wildman–Crippen LogP) is 1.56. The van der Waals surface area contributed by atoms with Crippen LogP contribution in [0, 0.1) is 5.82 Å². The number of rotatable bonds is 3. The summed E-state index contributed by atoms with van der Waals surface area (Å²) in [5, 5.41) is 0.496. The van der Waals surface area contributed by atoms with Gasteiger partial charge in [-0.3, -0.25) is 5.43 Å². The molecule has 0 saturated carbocycles. The van der Waals surface area contributed by atoms with Gasteiger partial charge in [-0.1, -0.05) is 17.7 Å². The van der Waals surface area contributed by atoms with E-state index < -0.39 is 0 Å². The summed E-state index contributed by atoms with van der Waals surface area (Å²) in [6, 6.07) is 5.05. The summed E-state index contributed by atoms with van der Waals surface area (Å²) in [6.45, 7) is 0. The van der Waals surface area contributed by atoms with Crippen LogP contribution in [-0.2, 0) is 6.42 Å². The standard InChI is InChI=1S/C11H15ClFN3/c12-9-2-1-3-10(13)8(9)5-4-7-6-11(14)16-15-7/h1-3,7,11,15-16H,4-6,14H2. The molecule has 1 saturated heterocycles. The van der Waals surface area contributed by atoms with Crippen molar-refractivity contribution < 1.29 is 4.39 Å². The fourth-order valence-electron chi connectivity index (χ4n) is 1.93. The molecule has 2 atom stereocenters. The van der Waals surface area contributed by atoms with Gasteiger partial charge in [0.15, 0.2) is 0 Å². The molecule has 0 aromatic heterocycles. The third kappa shape index (κ3) is 2.71. The van der Waals surface area contributed by atoms with Gasteiger partial charge < -0.3 is 5.73 Å². The molecule has 1 aromatic carbocycles. The largest absolute Gasteiger partial charge is 0.315 e. The highest BCUT2D eigenvalue weighted by Crippen LogP contribution is 2.21. The molecule has 2 unspecified atom stereocenters. The second-order valence-corrected chi connectivity index (χ2v) is 4.47. The molecule has 2 rings (SSSR count). The first-order valence-electron chi connectivity index (χ1n) is 5.36. The van der Waals surface area contributed by atoms with Gasteiger partial charge >= 0.3 is 0 Å². The van der Waals surface area contributed by atoms with E-state index in [0.717, 1.165) is 12.8 Å². The maximum absolute atomic E-state index is 13.5. The van der Waals surface area contributed by atoms with Gasteiger partial charge in [-0.05, 0) is 31.4 Å². The van der Waals surface area contributed by atoms with Crippen LogP contribution < -0.4 is 16.6 Å². The molecule has 0 bridgehead atoms. The van der Waals surface area contributed by atoms with E-state index in [4.69, 9.17) is 17.3 Å². The molecule has 88 valence electrons. The van der Waals surface area contributed by atoms with Crippen molar-refractivity contribution >= 4 is 11.6 Å². The summed E-state index contributed by atoms with van der Waals surface area (Å²) in [5.74, 6) is -0.234. The molecule has 1 fully saturated rings. The highest BCUT2D eigenvalue weighted by Gasteiger charge is 2.20. The first kappa shape index (κ1) is 11.8. The first-order chi connectivity index (χ1) is 7.66. The van der Waals surface area contributed by atoms with E-state index in [0.29, 0.717) is 17.0 Å². The highest BCUT2D eigenvalue weighted by molar-refractivity contribution is 6.31. The summed E-state index contributed by atoms with van der Waals surface area (Å²) in [4.78, 5) is 0. The molecule has 5 heteroatoms. The Bertz CT molecular complexity index is 352. The average Bonchev–Trinajstić information content (AvgIpc) is 2.63. The second kappa shape index (κ2) is 5.10. The second-order valence-electron chi connectivity index (χ2n) is 4.07. The predicted molar refractivity (Wildman–Crippen MR) is 62.4 cm³/mol. The minimum absolute atomic E-state index is 0.0129. The first-order valence-corrected chi connectivity index (χ1v) is 5.74. The Morgan fingerprint density at radius 1 is 1.44 bits per heavy atom. The van der Waals surface area contributed by atoms with E-state index in [1.807, 2.05) is 0 Å². The fourth-order valence-corrected chi connectivity index (χ4v) is 2.19. The van der Waals surface area contributed by atoms with Crippen LogP contribution in [0.2, 0.25) is 5.02 Å². The topological polar surface area (TPSA) is 50.1 Å². The van der Waals surface area contributed by atoms with Crippen LogP contribution in [0.1, 0.15) is 18.4 Å². The summed E-state index contributed by atoms with van der Waals surface area (Å²) >= 11 is 5.94. The van der Waals surface area contributed by atoms with Crippen LogP contribution in [-0.4, -0.2) is 12.2 Å². The Balaban J connectivity index is 1.94. The molecular formula is C11H15ClFN3. The van der Waals surface area contributed by atoms with Gasteiger partial charge in [0.1, 0.15) is 5.82 Å². The lowest BCUT2D eigenvalue weighted by molar-refractivity contribution is 0.509. The third-order valence-corrected chi connectivity index (χ3v) is 3.17. The van der Waals surface area contributed by atoms with E-state index in [9.17, 15) is 4.39 Å². The highest BCUT2D eigenvalue weighted by atomic mass is 35.5. The lowest BCUT2D eigenvalue weighted by Crippen LogP contribution is -2.37. The van der Waals surface area contributed by atoms with Gasteiger partial charge in [0.2, 0.25) is 0 Å². The SMILES string of the molecule is NC1CC(CCc2c(F)cccc2Cl)NN1. The van der Waals surface area contributed by atoms with E-state index in [1.165, 1.54) is 6.07 Å². The Labute approximate surface area is 99.1 Å². The van der Waals surface area contributed by atoms with Crippen LogP contribution >= 0.6 is 11.6 Å². The molecule has 1 aliphatic rings. The molecule has 16 heavy (non-hydrogen) atoms. The van der Waals surface area contributed by atoms with Crippen molar-refractivity contribution in [3.8, 4) is 0 Å². The number of hydrazine groups is 1.